The SMILES string of the molecule is Cc1cccc(C(=O)N2CCCc3cc(C(=O)Nc4c(C)cccc4C)ccc32)c1. The Kier molecular flexibility index (Phi) is 5.40. The summed E-state index contributed by atoms with van der Waals surface area (Å²) >= 11 is 0. The standard InChI is InChI=1S/C26H26N2O2/c1-17-7-4-10-22(15-17)26(30)28-14-6-11-20-16-21(12-13-23(20)28)25(29)27-24-18(2)8-5-9-19(24)3/h4-5,7-10,12-13,15-16H,6,11,14H2,1-3H3,(H,27,29). The number of nitrogens with one attached hydrogen (secondary N) is 1. The number of carbonyl (C=O) groups excluding carboxylic acids is 2. The van der Waals surface area contributed by atoms with Crippen LogP contribution in [0.2, 0.25) is 0 Å². The van der Waals surface area contributed by atoms with Gasteiger partial charge in [0.25, 0.3) is 11.8 Å². The molecule has 0 aliphatic carbocycles. The van der Waals surface area contributed by atoms with Crippen molar-refractivity contribution in [3.8, 4) is 0 Å². The van der Waals surface area contributed by atoms with Crippen LogP contribution in [0.25, 0.3) is 0 Å². The lowest BCUT2D eigenvalue weighted by molar-refractivity contribution is 0.0984. The average Bonchev–Trinajstić information content (AvgIpc) is 2.75. The third-order valence-electron chi connectivity index (χ3n) is 5.69. The van der Waals surface area contributed by atoms with E-state index in [0.717, 1.165) is 46.5 Å². The van der Waals surface area contributed by atoms with Gasteiger partial charge in [-0.3, -0.25) is 9.59 Å². The third-order valence-corrected chi connectivity index (χ3v) is 5.69. The minimum Gasteiger partial charge on any atom is -0.322 e. The molecule has 30 heavy (non-hydrogen) atoms. The first-order valence-electron chi connectivity index (χ1n) is 10.3. The highest BCUT2D eigenvalue weighted by molar-refractivity contribution is 6.08. The van der Waals surface area contributed by atoms with Gasteiger partial charge in [-0.25, -0.2) is 0 Å². The lowest BCUT2D eigenvalue weighted by Gasteiger charge is -2.30. The van der Waals surface area contributed by atoms with E-state index in [9.17, 15) is 9.59 Å². The number of hydrogen-bond acceptors (Lipinski definition) is 2. The van der Waals surface area contributed by atoms with Gasteiger partial charge in [0.1, 0.15) is 0 Å². The second kappa shape index (κ2) is 8.15. The van der Waals surface area contributed by atoms with Crippen molar-refractivity contribution >= 4 is 23.2 Å². The number of hydrogen-bond donors (Lipinski definition) is 1. The van der Waals surface area contributed by atoms with Gasteiger partial charge in [-0.2, -0.15) is 0 Å². The van der Waals surface area contributed by atoms with Crippen molar-refractivity contribution in [1.82, 2.24) is 0 Å². The van der Waals surface area contributed by atoms with Gasteiger partial charge in [0.05, 0.1) is 0 Å². The summed E-state index contributed by atoms with van der Waals surface area (Å²) in [5, 5.41) is 3.05. The van der Waals surface area contributed by atoms with Crippen LogP contribution in [-0.4, -0.2) is 18.4 Å². The molecule has 0 radical (unpaired) electrons. The molecule has 1 heterocycles. The fourth-order valence-electron chi connectivity index (χ4n) is 4.08. The number of nitrogens with zero attached hydrogens (tertiary/aromatic N) is 1. The number of para-hydroxylation sites is 1. The molecule has 0 atom stereocenters. The minimum atomic E-state index is -0.127. The van der Waals surface area contributed by atoms with Crippen LogP contribution in [0, 0.1) is 20.8 Å². The summed E-state index contributed by atoms with van der Waals surface area (Å²) in [6.07, 6.45) is 1.74. The summed E-state index contributed by atoms with van der Waals surface area (Å²) in [4.78, 5) is 27.8. The minimum absolute atomic E-state index is 0.00684. The van der Waals surface area contributed by atoms with Crippen LogP contribution in [0.4, 0.5) is 11.4 Å². The first-order chi connectivity index (χ1) is 14.4. The summed E-state index contributed by atoms with van der Waals surface area (Å²) in [5.74, 6) is -0.121. The maximum Gasteiger partial charge on any atom is 0.258 e. The number of rotatable bonds is 3. The van der Waals surface area contributed by atoms with Gasteiger partial charge >= 0.3 is 0 Å². The lowest BCUT2D eigenvalue weighted by Crippen LogP contribution is -2.35. The van der Waals surface area contributed by atoms with Gasteiger partial charge in [0.15, 0.2) is 0 Å². The lowest BCUT2D eigenvalue weighted by atomic mass is 9.97. The Morgan fingerprint density at radius 2 is 1.60 bits per heavy atom. The van der Waals surface area contributed by atoms with Crippen molar-refractivity contribution in [2.45, 2.75) is 33.6 Å². The van der Waals surface area contributed by atoms with E-state index >= 15 is 0 Å². The number of aryl methyl sites for hydroxylation is 4. The Morgan fingerprint density at radius 3 is 2.33 bits per heavy atom. The monoisotopic (exact) mass is 398 g/mol. The molecule has 0 unspecified atom stereocenters. The van der Waals surface area contributed by atoms with Crippen molar-refractivity contribution in [2.24, 2.45) is 0 Å². The first-order valence-corrected chi connectivity index (χ1v) is 10.3. The Bertz CT molecular complexity index is 1110. The molecule has 0 saturated carbocycles. The van der Waals surface area contributed by atoms with Crippen LogP contribution in [-0.2, 0) is 6.42 Å². The van der Waals surface area contributed by atoms with E-state index < -0.39 is 0 Å². The van der Waals surface area contributed by atoms with Gasteiger partial charge in [-0.1, -0.05) is 35.9 Å². The van der Waals surface area contributed by atoms with Gasteiger partial charge in [0.2, 0.25) is 0 Å². The molecule has 1 N–H and O–H groups in total. The maximum atomic E-state index is 13.1. The summed E-state index contributed by atoms with van der Waals surface area (Å²) in [5.41, 5.74) is 7.24. The van der Waals surface area contributed by atoms with Crippen LogP contribution >= 0.6 is 0 Å². The van der Waals surface area contributed by atoms with Crippen molar-refractivity contribution < 1.29 is 9.59 Å². The zero-order valence-corrected chi connectivity index (χ0v) is 17.7. The number of anilines is 2. The number of amides is 2. The van der Waals surface area contributed by atoms with Crippen molar-refractivity contribution in [1.29, 1.82) is 0 Å². The summed E-state index contributed by atoms with van der Waals surface area (Å²) in [7, 11) is 0. The third kappa shape index (κ3) is 3.86. The molecular formula is C26H26N2O2. The molecule has 0 spiro atoms. The maximum absolute atomic E-state index is 13.1. The van der Waals surface area contributed by atoms with E-state index in [1.807, 2.05) is 86.3 Å². The second-order valence-corrected chi connectivity index (χ2v) is 7.99. The highest BCUT2D eigenvalue weighted by Crippen LogP contribution is 2.30. The Balaban J connectivity index is 1.60. The van der Waals surface area contributed by atoms with E-state index in [-0.39, 0.29) is 11.8 Å². The van der Waals surface area contributed by atoms with Gasteiger partial charge < -0.3 is 10.2 Å². The van der Waals surface area contributed by atoms with Gasteiger partial charge in [-0.05, 0) is 80.6 Å². The average molecular weight is 399 g/mol. The Morgan fingerprint density at radius 1 is 0.867 bits per heavy atom. The van der Waals surface area contributed by atoms with Gasteiger partial charge in [0, 0.05) is 29.0 Å². The topological polar surface area (TPSA) is 49.4 Å². The second-order valence-electron chi connectivity index (χ2n) is 7.99. The zero-order valence-electron chi connectivity index (χ0n) is 17.7. The van der Waals surface area contributed by atoms with Crippen molar-refractivity contribution in [3.63, 3.8) is 0 Å². The molecule has 0 saturated heterocycles. The molecule has 152 valence electrons. The van der Waals surface area contributed by atoms with Gasteiger partial charge in [-0.15, -0.1) is 0 Å². The molecule has 4 heteroatoms. The fraction of sp³-hybridized carbons (Fsp3) is 0.231. The van der Waals surface area contributed by atoms with E-state index in [0.29, 0.717) is 17.7 Å². The van der Waals surface area contributed by atoms with Crippen LogP contribution < -0.4 is 10.2 Å². The molecule has 0 bridgehead atoms. The predicted molar refractivity (Wildman–Crippen MR) is 121 cm³/mol. The van der Waals surface area contributed by atoms with E-state index in [4.69, 9.17) is 0 Å². The Labute approximate surface area is 177 Å². The molecule has 1 aliphatic rings. The van der Waals surface area contributed by atoms with Crippen LogP contribution in [0.15, 0.2) is 60.7 Å². The predicted octanol–water partition coefficient (Wildman–Crippen LogP) is 5.46. The zero-order chi connectivity index (χ0) is 21.3. The van der Waals surface area contributed by atoms with E-state index in [1.54, 1.807) is 0 Å². The highest BCUT2D eigenvalue weighted by atomic mass is 16.2. The van der Waals surface area contributed by atoms with Crippen LogP contribution in [0.3, 0.4) is 0 Å². The van der Waals surface area contributed by atoms with Crippen molar-refractivity contribution in [2.75, 3.05) is 16.8 Å². The number of fused-ring (bicyclic) bond motifs is 1. The van der Waals surface area contributed by atoms with Crippen LogP contribution in [0.1, 0.15) is 49.4 Å². The highest BCUT2D eigenvalue weighted by Gasteiger charge is 2.24. The number of benzene rings is 3. The molecule has 0 aromatic heterocycles. The van der Waals surface area contributed by atoms with E-state index in [1.165, 1.54) is 0 Å². The first kappa shape index (κ1) is 19.9. The quantitative estimate of drug-likeness (QED) is 0.637. The molecule has 4 rings (SSSR count). The normalized spacial score (nSPS) is 13.0. The summed E-state index contributed by atoms with van der Waals surface area (Å²) in [6.45, 7) is 6.66. The molecule has 0 fully saturated rings. The summed E-state index contributed by atoms with van der Waals surface area (Å²) in [6, 6.07) is 19.3. The number of carbonyl (C=O) groups is 2. The molecule has 4 nitrogen and oxygen atoms in total. The largest absolute Gasteiger partial charge is 0.322 e. The van der Waals surface area contributed by atoms with E-state index in [2.05, 4.69) is 5.32 Å². The molecule has 2 amide bonds. The molecular weight excluding hydrogens is 372 g/mol. The Hall–Kier alpha value is -3.40. The molecule has 1 aliphatic heterocycles. The van der Waals surface area contributed by atoms with Crippen molar-refractivity contribution in [3.05, 3.63) is 94.0 Å². The smallest absolute Gasteiger partial charge is 0.258 e. The van der Waals surface area contributed by atoms with Crippen LogP contribution in [0.5, 0.6) is 0 Å². The summed E-state index contributed by atoms with van der Waals surface area (Å²) < 4.78 is 0. The fourth-order valence-corrected chi connectivity index (χ4v) is 4.08. The molecule has 3 aromatic carbocycles. The molecule has 3 aromatic rings.